The Bertz CT molecular complexity index is 1100. The summed E-state index contributed by atoms with van der Waals surface area (Å²) in [7, 11) is 1.59. The smallest absolute Gasteiger partial charge is 0.331 e. The van der Waals surface area contributed by atoms with Gasteiger partial charge in [0.05, 0.1) is 30.9 Å². The molecule has 0 atom stereocenters. The van der Waals surface area contributed by atoms with Crippen LogP contribution in [0.25, 0.3) is 0 Å². The fraction of sp³-hybridized carbons (Fsp3) is 0.0833. The van der Waals surface area contributed by atoms with Crippen molar-refractivity contribution in [3.63, 3.8) is 0 Å². The van der Waals surface area contributed by atoms with Gasteiger partial charge < -0.3 is 15.4 Å². The van der Waals surface area contributed by atoms with Crippen LogP contribution in [0.15, 0.2) is 91.6 Å². The van der Waals surface area contributed by atoms with Crippen molar-refractivity contribution in [3.05, 3.63) is 97.2 Å². The van der Waals surface area contributed by atoms with Crippen LogP contribution in [0.1, 0.15) is 5.56 Å². The lowest BCUT2D eigenvalue weighted by atomic mass is 10.2. The molecule has 32 heavy (non-hydrogen) atoms. The maximum atomic E-state index is 13.1. The highest BCUT2D eigenvalue weighted by Crippen LogP contribution is 2.25. The lowest BCUT2D eigenvalue weighted by molar-refractivity contribution is 0.259. The molecule has 0 aliphatic carbocycles. The van der Waals surface area contributed by atoms with Gasteiger partial charge in [0.1, 0.15) is 6.33 Å². The molecule has 0 saturated carbocycles. The zero-order chi connectivity index (χ0) is 22.2. The lowest BCUT2D eigenvalue weighted by Gasteiger charge is -2.22. The summed E-state index contributed by atoms with van der Waals surface area (Å²) in [5.41, 5.74) is 3.92. The van der Waals surface area contributed by atoms with E-state index in [0.717, 1.165) is 11.3 Å². The molecule has 2 N–H and O–H groups in total. The van der Waals surface area contributed by atoms with E-state index in [9.17, 15) is 4.79 Å². The molecule has 0 spiro atoms. The summed E-state index contributed by atoms with van der Waals surface area (Å²) in [6.07, 6.45) is 6.39. The number of aromatic nitrogens is 3. The standard InChI is InChI=1S/C24H22N6O2/c1-32-23-12-7-18(14-28-23)13-27-19-8-10-20(11-9-19)29-24(31)30(21-5-3-2-4-6-21)22-15-25-17-26-16-22/h2-12,14-17,27H,13H2,1H3,(H,29,31). The van der Waals surface area contributed by atoms with Crippen LogP contribution in [0.5, 0.6) is 5.88 Å². The summed E-state index contributed by atoms with van der Waals surface area (Å²) in [6.45, 7) is 0.624. The number of rotatable bonds is 7. The molecule has 8 nitrogen and oxygen atoms in total. The summed E-state index contributed by atoms with van der Waals surface area (Å²) in [5, 5.41) is 6.27. The van der Waals surface area contributed by atoms with Crippen LogP contribution in [0.4, 0.5) is 27.5 Å². The maximum absolute atomic E-state index is 13.1. The summed E-state index contributed by atoms with van der Waals surface area (Å²) >= 11 is 0. The number of amides is 2. The van der Waals surface area contributed by atoms with E-state index in [2.05, 4.69) is 25.6 Å². The van der Waals surface area contributed by atoms with Gasteiger partial charge in [-0.25, -0.2) is 19.7 Å². The molecule has 4 aromatic rings. The molecule has 2 heterocycles. The lowest BCUT2D eigenvalue weighted by Crippen LogP contribution is -2.31. The van der Waals surface area contributed by atoms with E-state index in [0.29, 0.717) is 29.5 Å². The predicted octanol–water partition coefficient (Wildman–Crippen LogP) is 4.86. The Kier molecular flexibility index (Phi) is 6.52. The summed E-state index contributed by atoms with van der Waals surface area (Å²) < 4.78 is 5.07. The molecule has 4 rings (SSSR count). The number of nitrogens with one attached hydrogen (secondary N) is 2. The van der Waals surface area contributed by atoms with Gasteiger partial charge in [-0.05, 0) is 42.0 Å². The molecular weight excluding hydrogens is 404 g/mol. The van der Waals surface area contributed by atoms with E-state index in [1.807, 2.05) is 66.7 Å². The molecular formula is C24H22N6O2. The van der Waals surface area contributed by atoms with Crippen molar-refractivity contribution >= 4 is 28.8 Å². The topological polar surface area (TPSA) is 92.3 Å². The average Bonchev–Trinajstić information content (AvgIpc) is 2.85. The second-order valence-electron chi connectivity index (χ2n) is 6.84. The van der Waals surface area contributed by atoms with Crippen molar-refractivity contribution in [1.29, 1.82) is 0 Å². The number of benzene rings is 2. The Balaban J connectivity index is 1.42. The first-order valence-electron chi connectivity index (χ1n) is 9.97. The quantitative estimate of drug-likeness (QED) is 0.438. The van der Waals surface area contributed by atoms with Crippen LogP contribution in [0.2, 0.25) is 0 Å². The summed E-state index contributed by atoms with van der Waals surface area (Å²) in [4.78, 5) is 26.9. The number of methoxy groups -OCH3 is 1. The van der Waals surface area contributed by atoms with E-state index in [4.69, 9.17) is 4.74 Å². The summed E-state index contributed by atoms with van der Waals surface area (Å²) in [5.74, 6) is 0.584. The van der Waals surface area contributed by atoms with Crippen molar-refractivity contribution in [2.24, 2.45) is 0 Å². The third kappa shape index (κ3) is 5.17. The number of pyridine rings is 1. The van der Waals surface area contributed by atoms with E-state index in [-0.39, 0.29) is 6.03 Å². The average molecular weight is 426 g/mol. The zero-order valence-corrected chi connectivity index (χ0v) is 17.5. The monoisotopic (exact) mass is 426 g/mol. The third-order valence-corrected chi connectivity index (χ3v) is 4.66. The van der Waals surface area contributed by atoms with Crippen LogP contribution < -0.4 is 20.3 Å². The molecule has 0 saturated heterocycles. The Morgan fingerprint density at radius 3 is 2.25 bits per heavy atom. The van der Waals surface area contributed by atoms with Crippen molar-refractivity contribution in [1.82, 2.24) is 15.0 Å². The van der Waals surface area contributed by atoms with Gasteiger partial charge in [-0.2, -0.15) is 0 Å². The van der Waals surface area contributed by atoms with E-state index in [1.54, 1.807) is 25.7 Å². The van der Waals surface area contributed by atoms with Gasteiger partial charge in [0.25, 0.3) is 0 Å². The highest BCUT2D eigenvalue weighted by atomic mass is 16.5. The molecule has 0 unspecified atom stereocenters. The SMILES string of the molecule is COc1ccc(CNc2ccc(NC(=O)N(c3ccccc3)c3cncnc3)cc2)cn1. The largest absolute Gasteiger partial charge is 0.481 e. The fourth-order valence-corrected chi connectivity index (χ4v) is 3.06. The number of carbonyl (C=O) groups excluding carboxylic acids is 1. The molecule has 2 aromatic heterocycles. The second kappa shape index (κ2) is 10.0. The number of nitrogens with zero attached hydrogens (tertiary/aromatic N) is 4. The molecule has 8 heteroatoms. The van der Waals surface area contributed by atoms with Crippen LogP contribution in [-0.2, 0) is 6.54 Å². The molecule has 0 radical (unpaired) electrons. The fourth-order valence-electron chi connectivity index (χ4n) is 3.06. The van der Waals surface area contributed by atoms with Crippen LogP contribution in [0, 0.1) is 0 Å². The molecule has 2 aromatic carbocycles. The number of hydrogen-bond acceptors (Lipinski definition) is 6. The maximum Gasteiger partial charge on any atom is 0.331 e. The first-order valence-corrected chi connectivity index (χ1v) is 9.97. The Hall–Kier alpha value is -4.46. The van der Waals surface area contributed by atoms with Crippen molar-refractivity contribution in [2.45, 2.75) is 6.54 Å². The zero-order valence-electron chi connectivity index (χ0n) is 17.5. The first kappa shape index (κ1) is 20.8. The number of urea groups is 1. The van der Waals surface area contributed by atoms with E-state index >= 15 is 0 Å². The molecule has 160 valence electrons. The molecule has 2 amide bonds. The predicted molar refractivity (Wildman–Crippen MR) is 124 cm³/mol. The molecule has 0 fully saturated rings. The van der Waals surface area contributed by atoms with Crippen LogP contribution >= 0.6 is 0 Å². The highest BCUT2D eigenvalue weighted by Gasteiger charge is 2.18. The number of carbonyl (C=O) groups is 1. The van der Waals surface area contributed by atoms with Gasteiger partial charge >= 0.3 is 6.03 Å². The number of ether oxygens (including phenoxy) is 1. The van der Waals surface area contributed by atoms with Crippen molar-refractivity contribution in [2.75, 3.05) is 22.6 Å². The van der Waals surface area contributed by atoms with E-state index < -0.39 is 0 Å². The van der Waals surface area contributed by atoms with Crippen molar-refractivity contribution in [3.8, 4) is 5.88 Å². The third-order valence-electron chi connectivity index (χ3n) is 4.66. The minimum atomic E-state index is -0.309. The minimum absolute atomic E-state index is 0.309. The van der Waals surface area contributed by atoms with Crippen LogP contribution in [-0.4, -0.2) is 28.1 Å². The van der Waals surface area contributed by atoms with Crippen molar-refractivity contribution < 1.29 is 9.53 Å². The molecule has 0 aliphatic heterocycles. The van der Waals surface area contributed by atoms with Gasteiger partial charge in [0.15, 0.2) is 0 Å². The van der Waals surface area contributed by atoms with Gasteiger partial charge in [-0.3, -0.25) is 4.90 Å². The van der Waals surface area contributed by atoms with Crippen LogP contribution in [0.3, 0.4) is 0 Å². The first-order chi connectivity index (χ1) is 15.7. The Labute approximate surface area is 185 Å². The summed E-state index contributed by atoms with van der Waals surface area (Å²) in [6, 6.07) is 20.3. The number of hydrogen-bond donors (Lipinski definition) is 2. The van der Waals surface area contributed by atoms with Gasteiger partial charge in [-0.15, -0.1) is 0 Å². The molecule has 0 aliphatic rings. The van der Waals surface area contributed by atoms with Gasteiger partial charge in [0, 0.05) is 30.2 Å². The van der Waals surface area contributed by atoms with Gasteiger partial charge in [0.2, 0.25) is 5.88 Å². The van der Waals surface area contributed by atoms with E-state index in [1.165, 1.54) is 11.2 Å². The normalized spacial score (nSPS) is 10.3. The molecule has 0 bridgehead atoms. The van der Waals surface area contributed by atoms with Gasteiger partial charge in [-0.1, -0.05) is 24.3 Å². The minimum Gasteiger partial charge on any atom is -0.481 e. The second-order valence-corrected chi connectivity index (χ2v) is 6.84. The highest BCUT2D eigenvalue weighted by molar-refractivity contribution is 6.06. The Morgan fingerprint density at radius 2 is 1.59 bits per heavy atom. The number of para-hydroxylation sites is 1. The Morgan fingerprint density at radius 1 is 0.875 bits per heavy atom. The number of anilines is 4.